The van der Waals surface area contributed by atoms with Crippen LogP contribution in [0.3, 0.4) is 0 Å². The third-order valence-corrected chi connectivity index (χ3v) is 12.1. The highest BCUT2D eigenvalue weighted by Gasteiger charge is 2.43. The number of rotatable bonds is 13. The number of nitrogens with zero attached hydrogens (tertiary/aromatic N) is 2. The molecule has 4 N–H and O–H groups in total. The molecule has 48 heavy (non-hydrogen) atoms. The third-order valence-electron chi connectivity index (χ3n) is 6.12. The summed E-state index contributed by atoms with van der Waals surface area (Å²) in [6, 6.07) is 11.9. The van der Waals surface area contributed by atoms with Gasteiger partial charge in [0, 0.05) is 24.2 Å². The monoisotopic (exact) mass is 757 g/mol. The number of hydrogen-bond acceptors (Lipinski definition) is 13. The number of carbonyl (C=O) groups is 8. The SMILES string of the molecule is CC(=O)N[C@@H](CSSSC[C@H](C)C(=O)O)C(=O)O.C[C@@H](CS)C(=O)O.O=C1c2ccccc2C(=O)N1SN1C(=O)c2ccccc2C1=O. The number of imide groups is 2. The summed E-state index contributed by atoms with van der Waals surface area (Å²) >= 11 is 4.30. The molecule has 0 saturated carbocycles. The zero-order valence-corrected chi connectivity index (χ0v) is 29.7. The zero-order valence-electron chi connectivity index (χ0n) is 25.6. The Morgan fingerprint density at radius 1 is 0.688 bits per heavy atom. The molecule has 0 fully saturated rings. The fourth-order valence-corrected chi connectivity index (χ4v) is 8.46. The average molecular weight is 758 g/mol. The number of hydrogen-bond donors (Lipinski definition) is 5. The van der Waals surface area contributed by atoms with Gasteiger partial charge in [0.25, 0.3) is 23.6 Å². The average Bonchev–Trinajstić information content (AvgIpc) is 3.44. The van der Waals surface area contributed by atoms with Crippen molar-refractivity contribution in [1.29, 1.82) is 0 Å². The Morgan fingerprint density at radius 2 is 1.06 bits per heavy atom. The number of thiol groups is 1. The van der Waals surface area contributed by atoms with Crippen molar-refractivity contribution in [3.8, 4) is 0 Å². The normalized spacial score (nSPS) is 14.8. The lowest BCUT2D eigenvalue weighted by Gasteiger charge is -2.18. The number of benzene rings is 2. The van der Waals surface area contributed by atoms with Gasteiger partial charge in [0.1, 0.15) is 6.04 Å². The van der Waals surface area contributed by atoms with E-state index in [1.807, 2.05) is 0 Å². The quantitative estimate of drug-likeness (QED) is 0.0639. The van der Waals surface area contributed by atoms with Crippen LogP contribution in [0.1, 0.15) is 62.2 Å². The first-order chi connectivity index (χ1) is 22.6. The highest BCUT2D eigenvalue weighted by molar-refractivity contribution is 9.09. The molecule has 0 saturated heterocycles. The van der Waals surface area contributed by atoms with Gasteiger partial charge < -0.3 is 20.6 Å². The van der Waals surface area contributed by atoms with E-state index < -0.39 is 53.5 Å². The Balaban J connectivity index is 0.000000286. The summed E-state index contributed by atoms with van der Waals surface area (Å²) in [5, 5.41) is 27.9. The molecule has 14 nitrogen and oxygen atoms in total. The number of carboxylic acid groups (broad SMARTS) is 3. The van der Waals surface area contributed by atoms with Crippen molar-refractivity contribution in [2.75, 3.05) is 17.3 Å². The third kappa shape index (κ3) is 11.2. The second-order valence-electron chi connectivity index (χ2n) is 9.87. The van der Waals surface area contributed by atoms with Crippen molar-refractivity contribution in [2.45, 2.75) is 26.8 Å². The van der Waals surface area contributed by atoms with Crippen LogP contribution in [0.2, 0.25) is 0 Å². The molecule has 0 spiro atoms. The predicted octanol–water partition coefficient (Wildman–Crippen LogP) is 4.10. The van der Waals surface area contributed by atoms with Gasteiger partial charge >= 0.3 is 17.9 Å². The maximum absolute atomic E-state index is 12.3. The Bertz CT molecular complexity index is 1430. The largest absolute Gasteiger partial charge is 0.481 e. The molecule has 4 rings (SSSR count). The lowest BCUT2D eigenvalue weighted by Crippen LogP contribution is -2.41. The first kappa shape index (κ1) is 40.5. The van der Waals surface area contributed by atoms with Crippen LogP contribution in [0.15, 0.2) is 48.5 Å². The van der Waals surface area contributed by atoms with Gasteiger partial charge in [0.15, 0.2) is 0 Å². The summed E-state index contributed by atoms with van der Waals surface area (Å²) < 4.78 is 1.68. The molecule has 2 heterocycles. The van der Waals surface area contributed by atoms with Gasteiger partial charge in [-0.25, -0.2) is 4.79 Å². The first-order valence-electron chi connectivity index (χ1n) is 13.7. The van der Waals surface area contributed by atoms with Crippen LogP contribution in [0, 0.1) is 11.8 Å². The van der Waals surface area contributed by atoms with Gasteiger partial charge in [-0.2, -0.15) is 21.2 Å². The minimum atomic E-state index is -1.08. The Hall–Kier alpha value is -3.65. The molecule has 19 heteroatoms. The summed E-state index contributed by atoms with van der Waals surface area (Å²) in [6.45, 7) is 4.49. The molecule has 0 aromatic heterocycles. The van der Waals surface area contributed by atoms with Gasteiger partial charge in [-0.1, -0.05) is 59.7 Å². The number of aliphatic carboxylic acids is 3. The molecule has 2 aliphatic rings. The van der Waals surface area contributed by atoms with E-state index in [0.717, 1.165) is 8.61 Å². The standard InChI is InChI=1S/C16H8N2O4S.C9H15NO5S3.C4H8O2S/c19-13-9-5-1-2-6-10(9)14(20)17(13)23-18-15(21)11-7-3-4-8-12(11)16(18)22;1-5(8(12)13)3-16-18-17-4-7(9(14)15)10-6(2)11;1-3(2-7)4(5)6/h1-8H;5,7H,3-4H2,1-2H3,(H,10,11)(H,12,13)(H,14,15);3,7H,2H2,1H3,(H,5,6)/t;5-,7-;3-/m.00/s1. The van der Waals surface area contributed by atoms with Crippen LogP contribution in [0.25, 0.3) is 0 Å². The summed E-state index contributed by atoms with van der Waals surface area (Å²) in [7, 11) is 3.96. The van der Waals surface area contributed by atoms with Gasteiger partial charge in [0.2, 0.25) is 5.91 Å². The number of nitrogens with one attached hydrogen (secondary N) is 1. The fraction of sp³-hybridized carbons (Fsp3) is 0.310. The smallest absolute Gasteiger partial charge is 0.327 e. The Kier molecular flexibility index (Phi) is 16.4. The topological polar surface area (TPSA) is 216 Å². The van der Waals surface area contributed by atoms with E-state index in [1.165, 1.54) is 38.3 Å². The van der Waals surface area contributed by atoms with E-state index in [-0.39, 0.29) is 39.8 Å². The van der Waals surface area contributed by atoms with E-state index in [1.54, 1.807) is 62.4 Å². The number of fused-ring (bicyclic) bond motifs is 2. The van der Waals surface area contributed by atoms with E-state index in [0.29, 0.717) is 23.6 Å². The first-order valence-corrected chi connectivity index (χ1v) is 18.9. The minimum Gasteiger partial charge on any atom is -0.481 e. The van der Waals surface area contributed by atoms with Crippen LogP contribution < -0.4 is 5.32 Å². The lowest BCUT2D eigenvalue weighted by atomic mass is 10.1. The highest BCUT2D eigenvalue weighted by atomic mass is 33.5. The Morgan fingerprint density at radius 3 is 1.35 bits per heavy atom. The number of carbonyl (C=O) groups excluding carboxylic acids is 5. The Labute approximate surface area is 296 Å². The molecule has 2 aromatic rings. The van der Waals surface area contributed by atoms with Crippen molar-refractivity contribution in [3.05, 3.63) is 70.8 Å². The second-order valence-corrected chi connectivity index (χ2v) is 15.5. The summed E-state index contributed by atoms with van der Waals surface area (Å²) in [5.74, 6) is -4.91. The molecule has 5 amide bonds. The molecular weight excluding hydrogens is 727 g/mol. The lowest BCUT2D eigenvalue weighted by molar-refractivity contribution is -0.141. The fourth-order valence-electron chi connectivity index (χ4n) is 3.39. The van der Waals surface area contributed by atoms with Gasteiger partial charge in [-0.3, -0.25) is 33.6 Å². The van der Waals surface area contributed by atoms with Gasteiger partial charge in [0.05, 0.1) is 46.2 Å². The number of carboxylic acids is 3. The molecule has 3 atom stereocenters. The maximum Gasteiger partial charge on any atom is 0.327 e. The van der Waals surface area contributed by atoms with Crippen LogP contribution in [-0.4, -0.2) is 94.7 Å². The predicted molar refractivity (Wildman–Crippen MR) is 187 cm³/mol. The van der Waals surface area contributed by atoms with Crippen molar-refractivity contribution in [1.82, 2.24) is 13.9 Å². The van der Waals surface area contributed by atoms with Crippen LogP contribution in [-0.2, 0) is 19.2 Å². The van der Waals surface area contributed by atoms with E-state index in [4.69, 9.17) is 15.3 Å². The van der Waals surface area contributed by atoms with Crippen molar-refractivity contribution < 1.29 is 53.7 Å². The van der Waals surface area contributed by atoms with Gasteiger partial charge in [-0.15, -0.1) is 0 Å². The molecule has 0 aliphatic carbocycles. The highest BCUT2D eigenvalue weighted by Crippen LogP contribution is 2.36. The van der Waals surface area contributed by atoms with E-state index in [2.05, 4.69) is 17.9 Å². The molecule has 2 aliphatic heterocycles. The van der Waals surface area contributed by atoms with Crippen LogP contribution in [0.5, 0.6) is 0 Å². The van der Waals surface area contributed by atoms with Gasteiger partial charge in [-0.05, 0) is 34.1 Å². The zero-order chi connectivity index (χ0) is 36.1. The maximum atomic E-state index is 12.3. The summed E-state index contributed by atoms with van der Waals surface area (Å²) in [4.78, 5) is 91.2. The van der Waals surface area contributed by atoms with Crippen molar-refractivity contribution in [2.24, 2.45) is 11.8 Å². The van der Waals surface area contributed by atoms with E-state index in [9.17, 15) is 38.4 Å². The minimum absolute atomic E-state index is 0.230. The summed E-state index contributed by atoms with van der Waals surface area (Å²) in [6.07, 6.45) is 0. The molecule has 0 bridgehead atoms. The number of amides is 5. The molecule has 0 radical (unpaired) electrons. The molecule has 258 valence electrons. The van der Waals surface area contributed by atoms with Crippen molar-refractivity contribution >= 4 is 104 Å². The van der Waals surface area contributed by atoms with E-state index >= 15 is 0 Å². The molecule has 0 unspecified atom stereocenters. The summed E-state index contributed by atoms with van der Waals surface area (Å²) in [5.41, 5.74) is 1.06. The molecule has 2 aromatic carbocycles. The second kappa shape index (κ2) is 19.4. The van der Waals surface area contributed by atoms with Crippen LogP contribution in [0.4, 0.5) is 0 Å². The van der Waals surface area contributed by atoms with Crippen LogP contribution >= 0.6 is 56.2 Å². The molecular formula is C29H31N3O11S5. The van der Waals surface area contributed by atoms with Crippen molar-refractivity contribution in [3.63, 3.8) is 0 Å².